The van der Waals surface area contributed by atoms with Crippen molar-refractivity contribution < 1.29 is 0 Å². The van der Waals surface area contributed by atoms with Crippen LogP contribution in [-0.2, 0) is 5.41 Å². The summed E-state index contributed by atoms with van der Waals surface area (Å²) in [6.07, 6.45) is 9.18. The fraction of sp³-hybridized carbons (Fsp3) is 0.115. The highest BCUT2D eigenvalue weighted by Crippen LogP contribution is 2.52. The number of hydrogen-bond donors (Lipinski definition) is 0. The molecule has 0 unspecified atom stereocenters. The molecular formula is C52H42BN3. The number of aryl methyl sites for hydroxylation is 1. The van der Waals surface area contributed by atoms with Crippen LogP contribution in [0.5, 0.6) is 0 Å². The number of para-hydroxylation sites is 3. The Morgan fingerprint density at radius 3 is 1.95 bits per heavy atom. The van der Waals surface area contributed by atoms with E-state index in [1.807, 2.05) is 0 Å². The van der Waals surface area contributed by atoms with Gasteiger partial charge >= 0.3 is 0 Å². The predicted molar refractivity (Wildman–Crippen MR) is 238 cm³/mol. The Balaban J connectivity index is 1.20. The third kappa shape index (κ3) is 4.85. The largest absolute Gasteiger partial charge is 0.312 e. The molecule has 0 saturated heterocycles. The van der Waals surface area contributed by atoms with Crippen LogP contribution in [-0.4, -0.2) is 6.71 Å². The highest BCUT2D eigenvalue weighted by Gasteiger charge is 2.44. The predicted octanol–water partition coefficient (Wildman–Crippen LogP) is 11.8. The van der Waals surface area contributed by atoms with Crippen LogP contribution in [0, 0.1) is 6.92 Å². The van der Waals surface area contributed by atoms with E-state index in [4.69, 9.17) is 0 Å². The molecule has 2 heterocycles. The van der Waals surface area contributed by atoms with Crippen LogP contribution in [0.15, 0.2) is 182 Å². The van der Waals surface area contributed by atoms with Gasteiger partial charge in [-0.2, -0.15) is 0 Å². The summed E-state index contributed by atoms with van der Waals surface area (Å²) in [7, 11) is 0. The van der Waals surface area contributed by atoms with Crippen molar-refractivity contribution in [3.8, 4) is 11.1 Å². The molecule has 4 aliphatic rings. The lowest BCUT2D eigenvalue weighted by Gasteiger charge is -2.45. The van der Waals surface area contributed by atoms with Gasteiger partial charge in [0.25, 0.3) is 6.71 Å². The van der Waals surface area contributed by atoms with Crippen molar-refractivity contribution in [1.82, 2.24) is 0 Å². The SMILES string of the molecule is Cc1cc2c3c(c1)N(c1ccc4c(c1)-c1ccccc1C4(C)C)c1cc(N(c4ccccc4)c4ccccc4)ccc1B3c1ccccc1N2C1=CCCC=C1. The Morgan fingerprint density at radius 1 is 0.536 bits per heavy atom. The minimum atomic E-state index is -0.0671. The number of rotatable bonds is 5. The highest BCUT2D eigenvalue weighted by atomic mass is 15.2. The maximum atomic E-state index is 2.57. The second kappa shape index (κ2) is 12.5. The molecular weight excluding hydrogens is 677 g/mol. The Morgan fingerprint density at radius 2 is 1.20 bits per heavy atom. The molecule has 7 aromatic carbocycles. The van der Waals surface area contributed by atoms with Gasteiger partial charge in [0.1, 0.15) is 0 Å². The van der Waals surface area contributed by atoms with Crippen molar-refractivity contribution in [3.05, 3.63) is 198 Å². The zero-order chi connectivity index (χ0) is 37.5. The number of fused-ring (bicyclic) bond motifs is 7. The number of nitrogens with zero attached hydrogens (tertiary/aromatic N) is 3. The molecule has 3 nitrogen and oxygen atoms in total. The van der Waals surface area contributed by atoms with Gasteiger partial charge in [0.15, 0.2) is 0 Å². The molecule has 4 heteroatoms. The van der Waals surface area contributed by atoms with Crippen molar-refractivity contribution in [3.63, 3.8) is 0 Å². The summed E-state index contributed by atoms with van der Waals surface area (Å²) < 4.78 is 0. The van der Waals surface area contributed by atoms with Crippen molar-refractivity contribution in [2.75, 3.05) is 14.7 Å². The monoisotopic (exact) mass is 719 g/mol. The summed E-state index contributed by atoms with van der Waals surface area (Å²) in [5, 5.41) is 0. The number of anilines is 8. The van der Waals surface area contributed by atoms with Crippen LogP contribution < -0.4 is 31.1 Å². The summed E-state index contributed by atoms with van der Waals surface area (Å²) in [6, 6.07) is 58.8. The molecule has 0 spiro atoms. The zero-order valence-electron chi connectivity index (χ0n) is 32.1. The Hall–Kier alpha value is -6.52. The lowest BCUT2D eigenvalue weighted by molar-refractivity contribution is 0.660. The van der Waals surface area contributed by atoms with Crippen LogP contribution in [0.3, 0.4) is 0 Å². The first-order valence-corrected chi connectivity index (χ1v) is 20.0. The van der Waals surface area contributed by atoms with E-state index in [1.54, 1.807) is 0 Å². The molecule has 0 aromatic heterocycles. The van der Waals surface area contributed by atoms with Crippen molar-refractivity contribution >= 4 is 68.6 Å². The van der Waals surface area contributed by atoms with Gasteiger partial charge in [-0.15, -0.1) is 0 Å². The number of hydrogen-bond acceptors (Lipinski definition) is 3. The van der Waals surface area contributed by atoms with Gasteiger partial charge < -0.3 is 14.7 Å². The topological polar surface area (TPSA) is 9.72 Å². The van der Waals surface area contributed by atoms with Crippen molar-refractivity contribution in [1.29, 1.82) is 0 Å². The number of benzene rings is 7. The molecule has 56 heavy (non-hydrogen) atoms. The third-order valence-corrected chi connectivity index (χ3v) is 12.5. The molecule has 0 atom stereocenters. The molecule has 0 saturated carbocycles. The van der Waals surface area contributed by atoms with Crippen molar-refractivity contribution in [2.45, 2.75) is 39.0 Å². The Labute approximate surface area is 330 Å². The van der Waals surface area contributed by atoms with Gasteiger partial charge in [0.2, 0.25) is 0 Å². The third-order valence-electron chi connectivity index (χ3n) is 12.5. The molecule has 0 amide bonds. The summed E-state index contributed by atoms with van der Waals surface area (Å²) in [4.78, 5) is 7.48. The molecule has 268 valence electrons. The molecule has 2 aliphatic carbocycles. The average Bonchev–Trinajstić information content (AvgIpc) is 3.47. The second-order valence-corrected chi connectivity index (χ2v) is 16.1. The quantitative estimate of drug-likeness (QED) is 0.164. The van der Waals surface area contributed by atoms with Crippen LogP contribution >= 0.6 is 0 Å². The van der Waals surface area contributed by atoms with Crippen LogP contribution in [0.2, 0.25) is 0 Å². The molecule has 11 rings (SSSR count). The van der Waals surface area contributed by atoms with E-state index in [2.05, 4.69) is 211 Å². The molecule has 0 bridgehead atoms. The molecule has 0 N–H and O–H groups in total. The normalized spacial score (nSPS) is 15.3. The maximum absolute atomic E-state index is 2.57. The summed E-state index contributed by atoms with van der Waals surface area (Å²) in [5.74, 6) is 0. The van der Waals surface area contributed by atoms with Crippen LogP contribution in [0.25, 0.3) is 11.1 Å². The van der Waals surface area contributed by atoms with E-state index < -0.39 is 0 Å². The first kappa shape index (κ1) is 32.9. The zero-order valence-corrected chi connectivity index (χ0v) is 32.1. The fourth-order valence-corrected chi connectivity index (χ4v) is 9.98. The van der Waals surface area contributed by atoms with Crippen LogP contribution in [0.1, 0.15) is 43.4 Å². The Bertz CT molecular complexity index is 2720. The van der Waals surface area contributed by atoms with E-state index in [-0.39, 0.29) is 12.1 Å². The first-order valence-electron chi connectivity index (χ1n) is 20.0. The van der Waals surface area contributed by atoms with Gasteiger partial charge in [-0.25, -0.2) is 0 Å². The Kier molecular flexibility index (Phi) is 7.34. The van der Waals surface area contributed by atoms with E-state index >= 15 is 0 Å². The van der Waals surface area contributed by atoms with Crippen molar-refractivity contribution in [2.24, 2.45) is 0 Å². The van der Waals surface area contributed by atoms with Gasteiger partial charge in [-0.05, 0) is 137 Å². The van der Waals surface area contributed by atoms with Crippen LogP contribution in [0.4, 0.5) is 45.5 Å². The van der Waals surface area contributed by atoms with Gasteiger partial charge in [0, 0.05) is 56.6 Å². The lowest BCUT2D eigenvalue weighted by atomic mass is 9.33. The smallest absolute Gasteiger partial charge is 0.252 e. The highest BCUT2D eigenvalue weighted by molar-refractivity contribution is 7.00. The van der Waals surface area contributed by atoms with Gasteiger partial charge in [-0.1, -0.05) is 117 Å². The van der Waals surface area contributed by atoms with E-state index in [1.165, 1.54) is 78.3 Å². The summed E-state index contributed by atoms with van der Waals surface area (Å²) in [5.41, 5.74) is 21.4. The molecule has 0 fully saturated rings. The lowest BCUT2D eigenvalue weighted by Crippen LogP contribution is -2.61. The van der Waals surface area contributed by atoms with E-state index in [0.717, 1.165) is 29.9 Å². The summed E-state index contributed by atoms with van der Waals surface area (Å²) in [6.45, 7) is 7.05. The van der Waals surface area contributed by atoms with Gasteiger partial charge in [-0.3, -0.25) is 0 Å². The minimum absolute atomic E-state index is 0.0671. The maximum Gasteiger partial charge on any atom is 0.252 e. The summed E-state index contributed by atoms with van der Waals surface area (Å²) >= 11 is 0. The number of allylic oxidation sites excluding steroid dienone is 3. The van der Waals surface area contributed by atoms with E-state index in [9.17, 15) is 0 Å². The molecule has 2 aliphatic heterocycles. The minimum Gasteiger partial charge on any atom is -0.312 e. The molecule has 0 radical (unpaired) electrons. The molecule has 7 aromatic rings. The standard InChI is InChI=1S/C52H42BN3/c1-35-31-49-51-50(32-35)56(39-27-29-44-42(33-39)41-23-13-14-24-43(41)52(44,2)3)48-34-40(54(36-17-7-4-8-18-36)37-19-9-5-10-20-37)28-30-46(48)53(51)45-25-15-16-26-47(45)55(49)38-21-11-6-12-22-38/h4-5,7-11,13-34H,6,12H2,1-3H3. The van der Waals surface area contributed by atoms with E-state index in [0.29, 0.717) is 0 Å². The first-order chi connectivity index (χ1) is 27.5. The fourth-order valence-electron chi connectivity index (χ4n) is 9.98. The second-order valence-electron chi connectivity index (χ2n) is 16.1. The average molecular weight is 720 g/mol. The van der Waals surface area contributed by atoms with Gasteiger partial charge in [0.05, 0.1) is 0 Å².